The molecule has 20 heavy (non-hydrogen) atoms. The Bertz CT molecular complexity index is 777. The van der Waals surface area contributed by atoms with Crippen LogP contribution in [0.5, 0.6) is 0 Å². The van der Waals surface area contributed by atoms with Crippen LogP contribution in [0.4, 0.5) is 11.4 Å². The summed E-state index contributed by atoms with van der Waals surface area (Å²) in [6.45, 7) is 0.424. The molecule has 2 aromatic rings. The summed E-state index contributed by atoms with van der Waals surface area (Å²) in [6, 6.07) is 6.91. The van der Waals surface area contributed by atoms with Gasteiger partial charge in [0, 0.05) is 29.1 Å². The molecule has 5 nitrogen and oxygen atoms in total. The number of nitrogen functional groups attached to an aromatic ring is 1. The fraction of sp³-hybridized carbons (Fsp3) is 0.154. The zero-order chi connectivity index (χ0) is 14.3. The number of hydrogen-bond donors (Lipinski definition) is 1. The van der Waals surface area contributed by atoms with E-state index in [-0.39, 0.29) is 4.90 Å². The van der Waals surface area contributed by atoms with Gasteiger partial charge in [-0.3, -0.25) is 9.29 Å². The Morgan fingerprint density at radius 1 is 1.25 bits per heavy atom. The number of fused-ring (bicyclic) bond motifs is 1. The molecule has 0 spiro atoms. The van der Waals surface area contributed by atoms with Gasteiger partial charge in [0.05, 0.1) is 5.69 Å². The second-order valence-electron chi connectivity index (χ2n) is 4.55. The largest absolute Gasteiger partial charge is 0.399 e. The van der Waals surface area contributed by atoms with Crippen molar-refractivity contribution in [2.75, 3.05) is 16.6 Å². The van der Waals surface area contributed by atoms with Gasteiger partial charge < -0.3 is 5.73 Å². The smallest absolute Gasteiger partial charge is 0.265 e. The molecule has 0 atom stereocenters. The van der Waals surface area contributed by atoms with E-state index < -0.39 is 10.0 Å². The molecule has 104 valence electrons. The van der Waals surface area contributed by atoms with E-state index in [0.29, 0.717) is 28.8 Å². The predicted molar refractivity (Wildman–Crippen MR) is 81.0 cm³/mol. The van der Waals surface area contributed by atoms with Crippen molar-refractivity contribution >= 4 is 37.3 Å². The minimum absolute atomic E-state index is 0.169. The Morgan fingerprint density at radius 3 is 2.80 bits per heavy atom. The summed E-state index contributed by atoms with van der Waals surface area (Å²) in [7, 11) is -3.61. The van der Waals surface area contributed by atoms with Gasteiger partial charge in [-0.2, -0.15) is 0 Å². The van der Waals surface area contributed by atoms with E-state index in [1.807, 2.05) is 6.07 Å². The van der Waals surface area contributed by atoms with Gasteiger partial charge in [0.25, 0.3) is 10.0 Å². The van der Waals surface area contributed by atoms with Crippen LogP contribution in [0, 0.1) is 0 Å². The zero-order valence-electron chi connectivity index (χ0n) is 10.5. The summed E-state index contributed by atoms with van der Waals surface area (Å²) in [6.07, 6.45) is 3.59. The highest BCUT2D eigenvalue weighted by Gasteiger charge is 2.31. The molecule has 1 aromatic carbocycles. The van der Waals surface area contributed by atoms with Gasteiger partial charge in [0.1, 0.15) is 4.90 Å². The van der Waals surface area contributed by atoms with Crippen LogP contribution < -0.4 is 10.0 Å². The van der Waals surface area contributed by atoms with Crippen molar-refractivity contribution in [3.8, 4) is 0 Å². The zero-order valence-corrected chi connectivity index (χ0v) is 12.9. The summed E-state index contributed by atoms with van der Waals surface area (Å²) >= 11 is 3.24. The number of nitrogens with two attached hydrogens (primary N) is 1. The second-order valence-corrected chi connectivity index (χ2v) is 7.33. The van der Waals surface area contributed by atoms with E-state index in [1.165, 1.54) is 10.5 Å². The number of rotatable bonds is 2. The minimum atomic E-state index is -3.61. The lowest BCUT2D eigenvalue weighted by Gasteiger charge is -2.19. The summed E-state index contributed by atoms with van der Waals surface area (Å²) in [5.74, 6) is 0. The number of halogens is 1. The third-order valence-electron chi connectivity index (χ3n) is 3.23. The summed E-state index contributed by atoms with van der Waals surface area (Å²) < 4.78 is 27.4. The molecule has 2 heterocycles. The van der Waals surface area contributed by atoms with Crippen LogP contribution in [0.3, 0.4) is 0 Å². The van der Waals surface area contributed by atoms with Crippen molar-refractivity contribution in [1.29, 1.82) is 0 Å². The van der Waals surface area contributed by atoms with E-state index in [2.05, 4.69) is 20.9 Å². The third-order valence-corrected chi connectivity index (χ3v) is 5.44. The topological polar surface area (TPSA) is 76.3 Å². The molecule has 3 rings (SSSR count). The van der Waals surface area contributed by atoms with Crippen LogP contribution in [-0.2, 0) is 16.4 Å². The fourth-order valence-corrected chi connectivity index (χ4v) is 4.28. The Morgan fingerprint density at radius 2 is 2.05 bits per heavy atom. The van der Waals surface area contributed by atoms with Crippen LogP contribution in [0.25, 0.3) is 0 Å². The van der Waals surface area contributed by atoms with Gasteiger partial charge >= 0.3 is 0 Å². The molecule has 0 fully saturated rings. The Labute approximate surface area is 125 Å². The summed E-state index contributed by atoms with van der Waals surface area (Å²) in [5.41, 5.74) is 7.96. The Kier molecular flexibility index (Phi) is 3.18. The van der Waals surface area contributed by atoms with Gasteiger partial charge in [0.2, 0.25) is 0 Å². The molecule has 0 saturated heterocycles. The quantitative estimate of drug-likeness (QED) is 0.839. The first kappa shape index (κ1) is 13.4. The van der Waals surface area contributed by atoms with E-state index >= 15 is 0 Å². The maximum absolute atomic E-state index is 12.7. The predicted octanol–water partition coefficient (Wildman–Crippen LogP) is 2.18. The van der Waals surface area contributed by atoms with Crippen molar-refractivity contribution in [3.63, 3.8) is 0 Å². The molecule has 2 N–H and O–H groups in total. The van der Waals surface area contributed by atoms with Crippen molar-refractivity contribution in [1.82, 2.24) is 4.98 Å². The van der Waals surface area contributed by atoms with Crippen molar-refractivity contribution < 1.29 is 8.42 Å². The number of anilines is 2. The van der Waals surface area contributed by atoms with Crippen LogP contribution in [0.15, 0.2) is 46.0 Å². The molecular formula is C13H12BrN3O2S. The molecule has 1 aromatic heterocycles. The molecule has 7 heteroatoms. The lowest BCUT2D eigenvalue weighted by molar-refractivity contribution is 0.592. The average Bonchev–Trinajstić information content (AvgIpc) is 2.82. The van der Waals surface area contributed by atoms with E-state index in [4.69, 9.17) is 5.73 Å². The number of aromatic nitrogens is 1. The van der Waals surface area contributed by atoms with E-state index in [9.17, 15) is 8.42 Å². The molecule has 0 radical (unpaired) electrons. The molecule has 0 bridgehead atoms. The third kappa shape index (κ3) is 2.16. The van der Waals surface area contributed by atoms with Gasteiger partial charge in [-0.05, 0) is 46.1 Å². The molecule has 0 amide bonds. The van der Waals surface area contributed by atoms with Gasteiger partial charge in [-0.25, -0.2) is 8.42 Å². The van der Waals surface area contributed by atoms with Crippen molar-refractivity contribution in [2.24, 2.45) is 0 Å². The average molecular weight is 354 g/mol. The Hall–Kier alpha value is -1.60. The first-order valence-electron chi connectivity index (χ1n) is 6.00. The highest BCUT2D eigenvalue weighted by Crippen LogP contribution is 2.34. The molecule has 1 aliphatic heterocycles. The lowest BCUT2D eigenvalue weighted by Crippen LogP contribution is -2.29. The first-order valence-corrected chi connectivity index (χ1v) is 8.23. The van der Waals surface area contributed by atoms with Crippen LogP contribution in [-0.4, -0.2) is 19.9 Å². The summed E-state index contributed by atoms with van der Waals surface area (Å²) in [4.78, 5) is 4.09. The molecule has 0 aliphatic carbocycles. The summed E-state index contributed by atoms with van der Waals surface area (Å²) in [5, 5.41) is 0. The normalized spacial score (nSPS) is 14.3. The number of benzene rings is 1. The first-order chi connectivity index (χ1) is 9.48. The molecule has 1 aliphatic rings. The minimum Gasteiger partial charge on any atom is -0.399 e. The monoisotopic (exact) mass is 353 g/mol. The number of sulfonamides is 1. The van der Waals surface area contributed by atoms with Crippen LogP contribution >= 0.6 is 15.9 Å². The highest BCUT2D eigenvalue weighted by molar-refractivity contribution is 9.10. The van der Waals surface area contributed by atoms with Gasteiger partial charge in [-0.1, -0.05) is 6.07 Å². The molecule has 0 saturated carbocycles. The molecular weight excluding hydrogens is 342 g/mol. The van der Waals surface area contributed by atoms with Crippen LogP contribution in [0.2, 0.25) is 0 Å². The van der Waals surface area contributed by atoms with Gasteiger partial charge in [0.15, 0.2) is 0 Å². The van der Waals surface area contributed by atoms with Crippen molar-refractivity contribution in [3.05, 3.63) is 46.7 Å². The van der Waals surface area contributed by atoms with E-state index in [0.717, 1.165) is 5.56 Å². The van der Waals surface area contributed by atoms with Crippen molar-refractivity contribution in [2.45, 2.75) is 11.3 Å². The van der Waals surface area contributed by atoms with Crippen LogP contribution in [0.1, 0.15) is 5.56 Å². The Balaban J connectivity index is 2.09. The fourth-order valence-electron chi connectivity index (χ4n) is 2.28. The van der Waals surface area contributed by atoms with Gasteiger partial charge in [-0.15, -0.1) is 0 Å². The standard InChI is InChI=1S/C13H12BrN3O2S/c14-10-5-12(8-16-7-10)20(18,19)17-4-3-9-1-2-11(15)6-13(9)17/h1-2,5-8H,3-4,15H2. The highest BCUT2D eigenvalue weighted by atomic mass is 79.9. The number of pyridine rings is 1. The number of nitrogens with zero attached hydrogens (tertiary/aromatic N) is 2. The second kappa shape index (κ2) is 4.75. The lowest BCUT2D eigenvalue weighted by atomic mass is 10.1. The molecule has 0 unspecified atom stereocenters. The SMILES string of the molecule is Nc1ccc2c(c1)N(S(=O)(=O)c1cncc(Br)c1)CC2. The van der Waals surface area contributed by atoms with E-state index in [1.54, 1.807) is 24.4 Å². The maximum atomic E-state index is 12.7. The number of hydrogen-bond acceptors (Lipinski definition) is 4. The maximum Gasteiger partial charge on any atom is 0.265 e.